The number of aromatic nitrogens is 1. The quantitative estimate of drug-likeness (QED) is 0.400. The molecular weight excluding hydrogens is 378 g/mol. The van der Waals surface area contributed by atoms with Crippen molar-refractivity contribution in [2.24, 2.45) is 4.99 Å². The van der Waals surface area contributed by atoms with Crippen LogP contribution < -0.4 is 5.32 Å². The Morgan fingerprint density at radius 2 is 1.83 bits per heavy atom. The lowest BCUT2D eigenvalue weighted by atomic mass is 9.91. The zero-order chi connectivity index (χ0) is 20.2. The largest absolute Gasteiger partial charge is 0.324 e. The summed E-state index contributed by atoms with van der Waals surface area (Å²) < 4.78 is 0. The Hall–Kier alpha value is -2.65. The average Bonchev–Trinajstić information content (AvgIpc) is 2.74. The molecule has 1 heterocycles. The van der Waals surface area contributed by atoms with Crippen molar-refractivity contribution in [3.63, 3.8) is 0 Å². The van der Waals surface area contributed by atoms with E-state index in [0.29, 0.717) is 6.54 Å². The highest BCUT2D eigenvalue weighted by atomic mass is 35.5. The van der Waals surface area contributed by atoms with Gasteiger partial charge in [-0.2, -0.15) is 0 Å². The standard InChI is InChI=1S/C25H26ClN3/c1-3-27-24(19-12-6-4-10-17(19)2)29-25-20-13-7-5-11-18(20)16-23(28-25)21-14-8-9-15-22(21)26/h4,6,8-10,12,14-16H,3,5,7,11,13H2,1-2H3,(H,27,28,29). The van der Waals surface area contributed by atoms with E-state index in [2.05, 4.69) is 49.5 Å². The number of nitrogens with zero attached hydrogens (tertiary/aromatic N) is 2. The number of hydrogen-bond acceptors (Lipinski definition) is 2. The Morgan fingerprint density at radius 3 is 2.62 bits per heavy atom. The molecule has 1 aliphatic rings. The average molecular weight is 404 g/mol. The van der Waals surface area contributed by atoms with Gasteiger partial charge in [-0.1, -0.05) is 54.1 Å². The summed E-state index contributed by atoms with van der Waals surface area (Å²) in [6.07, 6.45) is 4.53. The van der Waals surface area contributed by atoms with Crippen LogP contribution >= 0.6 is 11.6 Å². The summed E-state index contributed by atoms with van der Waals surface area (Å²) >= 11 is 6.48. The molecule has 0 bridgehead atoms. The maximum atomic E-state index is 6.48. The van der Waals surface area contributed by atoms with E-state index in [1.165, 1.54) is 29.5 Å². The number of aliphatic imine (C=N–C) groups is 1. The number of aryl methyl sites for hydroxylation is 2. The molecule has 1 aromatic heterocycles. The van der Waals surface area contributed by atoms with Gasteiger partial charge in [-0.25, -0.2) is 4.98 Å². The van der Waals surface area contributed by atoms with Crippen LogP contribution in [0.25, 0.3) is 11.3 Å². The van der Waals surface area contributed by atoms with E-state index in [1.54, 1.807) is 0 Å². The fourth-order valence-electron chi connectivity index (χ4n) is 3.95. The van der Waals surface area contributed by atoms with Gasteiger partial charge in [-0.05, 0) is 68.4 Å². The van der Waals surface area contributed by atoms with E-state index in [9.17, 15) is 0 Å². The lowest BCUT2D eigenvalue weighted by molar-refractivity contribution is 0.684. The monoisotopic (exact) mass is 403 g/mol. The molecule has 1 N–H and O–H groups in total. The fourth-order valence-corrected chi connectivity index (χ4v) is 4.19. The van der Waals surface area contributed by atoms with Crippen LogP contribution in [-0.4, -0.2) is 17.4 Å². The molecule has 0 unspecified atom stereocenters. The van der Waals surface area contributed by atoms with Crippen molar-refractivity contribution in [1.29, 1.82) is 0 Å². The van der Waals surface area contributed by atoms with Gasteiger partial charge in [0.15, 0.2) is 0 Å². The maximum Gasteiger partial charge on any atom is 0.135 e. The number of pyridine rings is 1. The Bertz CT molecular complexity index is 1060. The van der Waals surface area contributed by atoms with Gasteiger partial charge in [0, 0.05) is 22.7 Å². The van der Waals surface area contributed by atoms with Crippen molar-refractivity contribution in [2.45, 2.75) is 39.5 Å². The van der Waals surface area contributed by atoms with Gasteiger partial charge >= 0.3 is 0 Å². The molecule has 0 spiro atoms. The molecule has 0 saturated carbocycles. The van der Waals surface area contributed by atoms with Gasteiger partial charge in [-0.15, -0.1) is 0 Å². The Balaban J connectivity index is 1.82. The third-order valence-electron chi connectivity index (χ3n) is 5.44. The molecule has 148 valence electrons. The first kappa shape index (κ1) is 19.7. The number of amidine groups is 1. The summed E-state index contributed by atoms with van der Waals surface area (Å²) in [5.41, 5.74) is 6.87. The molecule has 3 aromatic rings. The summed E-state index contributed by atoms with van der Waals surface area (Å²) in [6, 6.07) is 18.5. The van der Waals surface area contributed by atoms with Crippen molar-refractivity contribution in [3.8, 4) is 11.3 Å². The highest BCUT2D eigenvalue weighted by molar-refractivity contribution is 6.33. The lowest BCUT2D eigenvalue weighted by Crippen LogP contribution is -2.19. The first-order valence-electron chi connectivity index (χ1n) is 10.3. The van der Waals surface area contributed by atoms with E-state index in [-0.39, 0.29) is 0 Å². The van der Waals surface area contributed by atoms with Crippen molar-refractivity contribution in [2.75, 3.05) is 11.9 Å². The molecule has 0 amide bonds. The molecule has 3 nitrogen and oxygen atoms in total. The number of fused-ring (bicyclic) bond motifs is 1. The molecule has 4 heteroatoms. The molecule has 0 radical (unpaired) electrons. The Labute approximate surface area is 177 Å². The lowest BCUT2D eigenvalue weighted by Gasteiger charge is -2.22. The van der Waals surface area contributed by atoms with E-state index in [0.717, 1.165) is 46.3 Å². The minimum absolute atomic E-state index is 0.711. The minimum Gasteiger partial charge on any atom is -0.324 e. The second kappa shape index (κ2) is 8.79. The van der Waals surface area contributed by atoms with E-state index in [1.807, 2.05) is 24.3 Å². The number of halogens is 1. The molecule has 0 fully saturated rings. The van der Waals surface area contributed by atoms with Gasteiger partial charge in [-0.3, -0.25) is 4.99 Å². The van der Waals surface area contributed by atoms with E-state index in [4.69, 9.17) is 21.6 Å². The molecule has 1 aliphatic carbocycles. The normalized spacial score (nSPS) is 13.8. The Morgan fingerprint density at radius 1 is 1.07 bits per heavy atom. The van der Waals surface area contributed by atoms with Crippen LogP contribution in [0.3, 0.4) is 0 Å². The molecule has 4 rings (SSSR count). The highest BCUT2D eigenvalue weighted by Crippen LogP contribution is 2.34. The van der Waals surface area contributed by atoms with E-state index < -0.39 is 0 Å². The third-order valence-corrected chi connectivity index (χ3v) is 5.77. The number of rotatable bonds is 4. The van der Waals surface area contributed by atoms with Crippen LogP contribution in [0.2, 0.25) is 5.02 Å². The van der Waals surface area contributed by atoms with Gasteiger partial charge in [0.2, 0.25) is 0 Å². The number of hydrogen-bond donors (Lipinski definition) is 1. The molecule has 2 aromatic carbocycles. The zero-order valence-electron chi connectivity index (χ0n) is 17.0. The molecule has 0 atom stereocenters. The molecular formula is C25H26ClN3. The topological polar surface area (TPSA) is 37.3 Å². The van der Waals surface area contributed by atoms with E-state index >= 15 is 0 Å². The fraction of sp³-hybridized carbons (Fsp3) is 0.280. The SMILES string of the molecule is CCN=C(Nc1nc(-c2ccccc2Cl)cc2c1CCCC2)c1ccccc1C. The first-order chi connectivity index (χ1) is 14.2. The second-order valence-corrected chi connectivity index (χ2v) is 7.85. The summed E-state index contributed by atoms with van der Waals surface area (Å²) in [7, 11) is 0. The third kappa shape index (κ3) is 4.20. The van der Waals surface area contributed by atoms with Crippen molar-refractivity contribution >= 4 is 23.3 Å². The molecule has 0 saturated heterocycles. The van der Waals surface area contributed by atoms with Gasteiger partial charge in [0.05, 0.1) is 5.69 Å². The number of benzene rings is 2. The van der Waals surface area contributed by atoms with Crippen molar-refractivity contribution in [1.82, 2.24) is 4.98 Å². The van der Waals surface area contributed by atoms with Crippen molar-refractivity contribution < 1.29 is 0 Å². The summed E-state index contributed by atoms with van der Waals surface area (Å²) in [5, 5.41) is 4.32. The second-order valence-electron chi connectivity index (χ2n) is 7.44. The van der Waals surface area contributed by atoms with Crippen LogP contribution in [0.5, 0.6) is 0 Å². The van der Waals surface area contributed by atoms with Crippen LogP contribution in [0.1, 0.15) is 42.0 Å². The van der Waals surface area contributed by atoms with Crippen LogP contribution in [-0.2, 0) is 12.8 Å². The highest BCUT2D eigenvalue weighted by Gasteiger charge is 2.19. The maximum absolute atomic E-state index is 6.48. The smallest absolute Gasteiger partial charge is 0.135 e. The first-order valence-corrected chi connectivity index (χ1v) is 10.7. The zero-order valence-corrected chi connectivity index (χ0v) is 17.8. The predicted octanol–water partition coefficient (Wildman–Crippen LogP) is 6.47. The summed E-state index contributed by atoms with van der Waals surface area (Å²) in [5.74, 6) is 1.79. The number of nitrogens with one attached hydrogen (secondary N) is 1. The van der Waals surface area contributed by atoms with Crippen LogP contribution in [0.4, 0.5) is 5.82 Å². The molecule has 29 heavy (non-hydrogen) atoms. The van der Waals surface area contributed by atoms with Gasteiger partial charge < -0.3 is 5.32 Å². The van der Waals surface area contributed by atoms with Crippen molar-refractivity contribution in [3.05, 3.63) is 81.9 Å². The number of anilines is 1. The summed E-state index contributed by atoms with van der Waals surface area (Å²) in [6.45, 7) is 4.89. The minimum atomic E-state index is 0.711. The molecule has 0 aliphatic heterocycles. The Kier molecular flexibility index (Phi) is 5.96. The predicted molar refractivity (Wildman–Crippen MR) is 123 cm³/mol. The summed E-state index contributed by atoms with van der Waals surface area (Å²) in [4.78, 5) is 9.78. The van der Waals surface area contributed by atoms with Crippen LogP contribution in [0.15, 0.2) is 59.6 Å². The van der Waals surface area contributed by atoms with Gasteiger partial charge in [0.25, 0.3) is 0 Å². The van der Waals surface area contributed by atoms with Crippen LogP contribution in [0, 0.1) is 6.92 Å². The van der Waals surface area contributed by atoms with Gasteiger partial charge in [0.1, 0.15) is 11.7 Å².